The molecule has 2 aromatic rings. The molecule has 6 heteroatoms. The Balaban J connectivity index is 1.55. The number of ether oxygens (including phenoxy) is 1. The van der Waals surface area contributed by atoms with E-state index in [1.54, 1.807) is 13.1 Å². The first-order valence-electron chi connectivity index (χ1n) is 9.82. The number of nitrogens with zero attached hydrogens (tertiary/aromatic N) is 2. The van der Waals surface area contributed by atoms with E-state index in [4.69, 9.17) is 4.74 Å². The first-order chi connectivity index (χ1) is 13.8. The van der Waals surface area contributed by atoms with Gasteiger partial charge in [0.15, 0.2) is 5.96 Å². The van der Waals surface area contributed by atoms with Crippen LogP contribution in [0.2, 0.25) is 0 Å². The summed E-state index contributed by atoms with van der Waals surface area (Å²) < 4.78 is 19.3. The summed E-state index contributed by atoms with van der Waals surface area (Å²) in [6, 6.07) is 17.6. The summed E-state index contributed by atoms with van der Waals surface area (Å²) >= 11 is 0. The van der Waals surface area contributed by atoms with E-state index in [2.05, 4.69) is 44.8 Å². The molecule has 0 amide bonds. The molecular weight excluding hydrogens is 355 g/mol. The van der Waals surface area contributed by atoms with Crippen molar-refractivity contribution >= 4 is 5.96 Å². The predicted molar refractivity (Wildman–Crippen MR) is 111 cm³/mol. The van der Waals surface area contributed by atoms with Gasteiger partial charge in [-0.2, -0.15) is 0 Å². The van der Waals surface area contributed by atoms with Crippen molar-refractivity contribution in [2.24, 2.45) is 4.99 Å². The van der Waals surface area contributed by atoms with Gasteiger partial charge in [0.25, 0.3) is 0 Å². The average molecular weight is 384 g/mol. The molecule has 1 aliphatic heterocycles. The lowest BCUT2D eigenvalue weighted by Crippen LogP contribution is -2.46. The van der Waals surface area contributed by atoms with Gasteiger partial charge in [0.1, 0.15) is 5.82 Å². The number of halogens is 1. The number of benzene rings is 2. The minimum absolute atomic E-state index is 0.163. The van der Waals surface area contributed by atoms with Gasteiger partial charge < -0.3 is 15.4 Å². The lowest BCUT2D eigenvalue weighted by molar-refractivity contribution is 0.0170. The van der Waals surface area contributed by atoms with Crippen LogP contribution in [0.15, 0.2) is 59.6 Å². The Kier molecular flexibility index (Phi) is 7.82. The van der Waals surface area contributed by atoms with Crippen LogP contribution in [0.25, 0.3) is 0 Å². The van der Waals surface area contributed by atoms with E-state index in [0.29, 0.717) is 18.5 Å². The van der Waals surface area contributed by atoms with E-state index in [1.807, 2.05) is 18.2 Å². The SMILES string of the molecule is CN=C(NCCc1ccccc1F)NCC(c1ccccc1)N1CCOCC1. The van der Waals surface area contributed by atoms with Gasteiger partial charge in [-0.25, -0.2) is 4.39 Å². The van der Waals surface area contributed by atoms with Crippen LogP contribution in [0.3, 0.4) is 0 Å². The zero-order chi connectivity index (χ0) is 19.6. The first-order valence-corrected chi connectivity index (χ1v) is 9.82. The standard InChI is InChI=1S/C22H29FN4O/c1-24-22(25-12-11-18-7-5-6-10-20(18)23)26-17-21(19-8-3-2-4-9-19)27-13-15-28-16-14-27/h2-10,21H,11-17H2,1H3,(H2,24,25,26). The highest BCUT2D eigenvalue weighted by molar-refractivity contribution is 5.79. The first kappa shape index (κ1) is 20.3. The largest absolute Gasteiger partial charge is 0.379 e. The van der Waals surface area contributed by atoms with Gasteiger partial charge in [-0.3, -0.25) is 9.89 Å². The van der Waals surface area contributed by atoms with Crippen molar-refractivity contribution in [3.63, 3.8) is 0 Å². The highest BCUT2D eigenvalue weighted by Gasteiger charge is 2.22. The Hall–Kier alpha value is -2.44. The van der Waals surface area contributed by atoms with Gasteiger partial charge in [-0.1, -0.05) is 48.5 Å². The number of nitrogens with one attached hydrogen (secondary N) is 2. The molecule has 2 N–H and O–H groups in total. The second-order valence-corrected chi connectivity index (χ2v) is 6.80. The number of rotatable bonds is 7. The van der Waals surface area contributed by atoms with Crippen LogP contribution in [0.5, 0.6) is 0 Å². The molecule has 1 unspecified atom stereocenters. The van der Waals surface area contributed by atoms with Crippen molar-refractivity contribution in [2.45, 2.75) is 12.5 Å². The number of hydrogen-bond acceptors (Lipinski definition) is 3. The molecule has 0 radical (unpaired) electrons. The minimum atomic E-state index is -0.163. The van der Waals surface area contributed by atoms with Crippen molar-refractivity contribution in [1.29, 1.82) is 0 Å². The molecular formula is C22H29FN4O. The smallest absolute Gasteiger partial charge is 0.191 e. The molecule has 3 rings (SSSR count). The third-order valence-electron chi connectivity index (χ3n) is 5.00. The topological polar surface area (TPSA) is 48.9 Å². The molecule has 0 aliphatic carbocycles. The molecule has 0 spiro atoms. The lowest BCUT2D eigenvalue weighted by Gasteiger charge is -2.35. The summed E-state index contributed by atoms with van der Waals surface area (Å²) in [4.78, 5) is 6.75. The maximum absolute atomic E-state index is 13.8. The fourth-order valence-electron chi connectivity index (χ4n) is 3.45. The molecule has 28 heavy (non-hydrogen) atoms. The van der Waals surface area contributed by atoms with Crippen LogP contribution in [-0.4, -0.2) is 57.3 Å². The monoisotopic (exact) mass is 384 g/mol. The van der Waals surface area contributed by atoms with Gasteiger partial charge in [0.2, 0.25) is 0 Å². The molecule has 1 fully saturated rings. The molecule has 0 saturated carbocycles. The Morgan fingerprint density at radius 3 is 2.50 bits per heavy atom. The van der Waals surface area contributed by atoms with E-state index >= 15 is 0 Å². The zero-order valence-corrected chi connectivity index (χ0v) is 16.4. The molecule has 1 saturated heterocycles. The van der Waals surface area contributed by atoms with Crippen molar-refractivity contribution < 1.29 is 9.13 Å². The molecule has 2 aromatic carbocycles. The Labute approximate surface area is 166 Å². The van der Waals surface area contributed by atoms with Crippen LogP contribution in [0.1, 0.15) is 17.2 Å². The maximum atomic E-state index is 13.8. The van der Waals surface area contributed by atoms with Crippen molar-refractivity contribution in [2.75, 3.05) is 46.4 Å². The van der Waals surface area contributed by atoms with Crippen molar-refractivity contribution in [3.05, 3.63) is 71.5 Å². The Morgan fingerprint density at radius 1 is 1.07 bits per heavy atom. The minimum Gasteiger partial charge on any atom is -0.379 e. The summed E-state index contributed by atoms with van der Waals surface area (Å²) in [5.74, 6) is 0.564. The fourth-order valence-corrected chi connectivity index (χ4v) is 3.45. The van der Waals surface area contributed by atoms with Crippen molar-refractivity contribution in [3.8, 4) is 0 Å². The second kappa shape index (κ2) is 10.8. The van der Waals surface area contributed by atoms with E-state index in [9.17, 15) is 4.39 Å². The third kappa shape index (κ3) is 5.78. The maximum Gasteiger partial charge on any atom is 0.191 e. The Bertz CT molecular complexity index is 747. The van der Waals surface area contributed by atoms with E-state index in [-0.39, 0.29) is 11.9 Å². The normalized spacial score (nSPS) is 16.6. The lowest BCUT2D eigenvalue weighted by atomic mass is 10.0. The van der Waals surface area contributed by atoms with Gasteiger partial charge >= 0.3 is 0 Å². The quantitative estimate of drug-likeness (QED) is 0.569. The summed E-state index contributed by atoms with van der Waals surface area (Å²) in [6.07, 6.45) is 0.610. The average Bonchev–Trinajstić information content (AvgIpc) is 2.75. The van der Waals surface area contributed by atoms with Crippen LogP contribution < -0.4 is 10.6 Å². The summed E-state index contributed by atoms with van der Waals surface area (Å²) in [5, 5.41) is 6.71. The van der Waals surface area contributed by atoms with Crippen LogP contribution >= 0.6 is 0 Å². The van der Waals surface area contributed by atoms with Gasteiger partial charge in [-0.05, 0) is 23.6 Å². The molecule has 1 heterocycles. The summed E-state index contributed by atoms with van der Waals surface area (Å²) in [7, 11) is 1.75. The van der Waals surface area contributed by atoms with E-state index < -0.39 is 0 Å². The fraction of sp³-hybridized carbons (Fsp3) is 0.409. The zero-order valence-electron chi connectivity index (χ0n) is 16.4. The van der Waals surface area contributed by atoms with Crippen LogP contribution in [0, 0.1) is 5.82 Å². The van der Waals surface area contributed by atoms with Crippen LogP contribution in [-0.2, 0) is 11.2 Å². The highest BCUT2D eigenvalue weighted by atomic mass is 19.1. The number of guanidine groups is 1. The van der Waals surface area contributed by atoms with Crippen molar-refractivity contribution in [1.82, 2.24) is 15.5 Å². The molecule has 1 atom stereocenters. The number of aliphatic imine (C=N–C) groups is 1. The molecule has 5 nitrogen and oxygen atoms in total. The second-order valence-electron chi connectivity index (χ2n) is 6.80. The predicted octanol–water partition coefficient (Wildman–Crippen LogP) is 2.61. The van der Waals surface area contributed by atoms with Gasteiger partial charge in [0.05, 0.1) is 19.3 Å². The van der Waals surface area contributed by atoms with Gasteiger partial charge in [-0.15, -0.1) is 0 Å². The van der Waals surface area contributed by atoms with Crippen LogP contribution in [0.4, 0.5) is 4.39 Å². The Morgan fingerprint density at radius 2 is 1.79 bits per heavy atom. The summed E-state index contributed by atoms with van der Waals surface area (Å²) in [6.45, 7) is 4.72. The molecule has 1 aliphatic rings. The molecule has 0 aromatic heterocycles. The van der Waals surface area contributed by atoms with Gasteiger partial charge in [0, 0.05) is 33.2 Å². The van der Waals surface area contributed by atoms with E-state index in [0.717, 1.165) is 38.8 Å². The number of morpholine rings is 1. The molecule has 150 valence electrons. The summed E-state index contributed by atoms with van der Waals surface area (Å²) in [5.41, 5.74) is 1.99. The highest BCUT2D eigenvalue weighted by Crippen LogP contribution is 2.21. The number of hydrogen-bond donors (Lipinski definition) is 2. The van der Waals surface area contributed by atoms with E-state index in [1.165, 1.54) is 11.6 Å². The third-order valence-corrected chi connectivity index (χ3v) is 5.00. The molecule has 0 bridgehead atoms.